The fourth-order valence-electron chi connectivity index (χ4n) is 2.96. The third kappa shape index (κ3) is 19.4. The lowest BCUT2D eigenvalue weighted by Crippen LogP contribution is -2.34. The van der Waals surface area contributed by atoms with E-state index in [-0.39, 0.29) is 36.1 Å². The number of hydrogen-bond acceptors (Lipinski definition) is 17. The van der Waals surface area contributed by atoms with Gasteiger partial charge < -0.3 is 23.1 Å². The molecule has 2 aliphatic carbocycles. The van der Waals surface area contributed by atoms with Crippen molar-refractivity contribution in [3.8, 4) is 0 Å². The molecule has 0 spiro atoms. The smallest absolute Gasteiger partial charge is 0.469 e. The van der Waals surface area contributed by atoms with Crippen LogP contribution in [0.3, 0.4) is 0 Å². The number of ketones is 1. The van der Waals surface area contributed by atoms with Crippen molar-refractivity contribution in [3.05, 3.63) is 24.0 Å². The Morgan fingerprint density at radius 3 is 1.43 bits per heavy atom. The Kier molecular flexibility index (Phi) is 23.2. The van der Waals surface area contributed by atoms with Crippen LogP contribution < -0.4 is 0 Å². The van der Waals surface area contributed by atoms with Gasteiger partial charge in [-0.2, -0.15) is 64.8 Å². The first-order valence-corrected chi connectivity index (χ1v) is 18.0. The zero-order chi connectivity index (χ0) is 43.5. The fraction of sp³-hybridized carbons (Fsp3) is 0.640. The molecule has 1 fully saturated rings. The van der Waals surface area contributed by atoms with Crippen LogP contribution in [0, 0.1) is 5.92 Å². The fourth-order valence-corrected chi connectivity index (χ4v) is 5.06. The van der Waals surface area contributed by atoms with Gasteiger partial charge in [-0.15, -0.1) is 3.63 Å². The van der Waals surface area contributed by atoms with E-state index in [2.05, 4.69) is 29.7 Å². The normalized spacial score (nSPS) is 15.9. The van der Waals surface area contributed by atoms with Gasteiger partial charge in [0.25, 0.3) is 0 Å². The average Bonchev–Trinajstić information content (AvgIpc) is 3.70. The highest BCUT2D eigenvalue weighted by Crippen LogP contribution is 2.34. The van der Waals surface area contributed by atoms with Crippen LogP contribution in [-0.4, -0.2) is 99.9 Å². The Labute approximate surface area is 302 Å². The van der Waals surface area contributed by atoms with Crippen LogP contribution >= 0.6 is 0 Å². The van der Waals surface area contributed by atoms with Gasteiger partial charge in [-0.1, -0.05) is 13.5 Å². The highest BCUT2D eigenvalue weighted by molar-refractivity contribution is 8.00. The number of esters is 4. The van der Waals surface area contributed by atoms with Gasteiger partial charge >= 0.3 is 70.8 Å². The molecule has 1 atom stereocenters. The molecular weight excluding hydrogens is 839 g/mol. The van der Waals surface area contributed by atoms with Gasteiger partial charge in [-0.25, -0.2) is 9.59 Å². The molecule has 0 radical (unpaired) electrons. The largest absolute Gasteiger partial charge is 0.534 e. The maximum Gasteiger partial charge on any atom is 0.534 e. The third-order valence-corrected chi connectivity index (χ3v) is 9.07. The van der Waals surface area contributed by atoms with Crippen molar-refractivity contribution in [3.63, 3.8) is 0 Å². The number of rotatable bonds is 8. The average molecular weight is 873 g/mol. The number of Topliss-reactive ketones (excluding diaryl/α,β-unsaturated/α-hetero) is 1. The van der Waals surface area contributed by atoms with Crippen LogP contribution in [0.25, 0.3) is 0 Å². The SMILES string of the molecule is C=CC(=O)OC.CCC(=O)OC.COC(=O)C1=C(OS(=O)(=O)C(F)(F)F)CCC1.COC(=O)C1CCCC1=O.O=S(=O)(OS(=O)(=O)C(F)(F)F)C(F)(F)F. The molecule has 0 heterocycles. The molecule has 0 aliphatic heterocycles. The molecular formula is C25H33F9O17S3. The van der Waals surface area contributed by atoms with E-state index in [0.29, 0.717) is 25.7 Å². The molecule has 17 nitrogen and oxygen atoms in total. The number of alkyl halides is 9. The zero-order valence-corrected chi connectivity index (χ0v) is 30.8. The van der Waals surface area contributed by atoms with Crippen LogP contribution in [0.15, 0.2) is 24.0 Å². The number of methoxy groups -OCH3 is 4. The second-order valence-electron chi connectivity index (χ2n) is 9.19. The van der Waals surface area contributed by atoms with Gasteiger partial charge in [0.2, 0.25) is 0 Å². The van der Waals surface area contributed by atoms with Crippen molar-refractivity contribution in [2.75, 3.05) is 28.4 Å². The molecule has 54 heavy (non-hydrogen) atoms. The van der Waals surface area contributed by atoms with Crippen molar-refractivity contribution in [1.29, 1.82) is 0 Å². The van der Waals surface area contributed by atoms with E-state index >= 15 is 0 Å². The van der Waals surface area contributed by atoms with Crippen LogP contribution in [0.2, 0.25) is 0 Å². The summed E-state index contributed by atoms with van der Waals surface area (Å²) in [4.78, 5) is 52.6. The number of ether oxygens (including phenoxy) is 4. The number of halogens is 9. The molecule has 2 aliphatic rings. The summed E-state index contributed by atoms with van der Waals surface area (Å²) in [5, 5.41) is 0. The first-order chi connectivity index (χ1) is 24.3. The lowest BCUT2D eigenvalue weighted by Gasteiger charge is -2.11. The Balaban J connectivity index is -0.000000640. The molecule has 2 rings (SSSR count). The Hall–Kier alpha value is -3.99. The monoisotopic (exact) mass is 872 g/mol. The summed E-state index contributed by atoms with van der Waals surface area (Å²) >= 11 is 0. The molecule has 29 heteroatoms. The molecule has 316 valence electrons. The van der Waals surface area contributed by atoms with Crippen molar-refractivity contribution < 1.29 is 115 Å². The van der Waals surface area contributed by atoms with Gasteiger partial charge in [0.1, 0.15) is 17.5 Å². The summed E-state index contributed by atoms with van der Waals surface area (Å²) in [6.45, 7) is 4.91. The number of allylic oxidation sites excluding steroid dienone is 1. The van der Waals surface area contributed by atoms with Crippen LogP contribution in [0.4, 0.5) is 39.5 Å². The molecule has 1 saturated carbocycles. The maximum absolute atomic E-state index is 12.0. The number of carbonyl (C=O) groups is 5. The summed E-state index contributed by atoms with van der Waals surface area (Å²) in [5.41, 5.74) is -18.2. The molecule has 1 unspecified atom stereocenters. The van der Waals surface area contributed by atoms with Crippen molar-refractivity contribution in [1.82, 2.24) is 0 Å². The van der Waals surface area contributed by atoms with E-state index in [9.17, 15) is 88.7 Å². The van der Waals surface area contributed by atoms with Crippen molar-refractivity contribution in [2.45, 2.75) is 68.4 Å². The Morgan fingerprint density at radius 2 is 1.17 bits per heavy atom. The molecule has 0 saturated heterocycles. The highest BCUT2D eigenvalue weighted by atomic mass is 32.3. The molecule has 0 amide bonds. The van der Waals surface area contributed by atoms with Gasteiger partial charge in [0, 0.05) is 25.3 Å². The quantitative estimate of drug-likeness (QED) is 0.0643. The predicted octanol–water partition coefficient (Wildman–Crippen LogP) is 3.61. The van der Waals surface area contributed by atoms with Crippen LogP contribution in [-0.2, 0) is 81.1 Å². The Morgan fingerprint density at radius 1 is 0.704 bits per heavy atom. The van der Waals surface area contributed by atoms with Gasteiger partial charge in [-0.3, -0.25) is 14.4 Å². The van der Waals surface area contributed by atoms with Crippen LogP contribution in [0.5, 0.6) is 0 Å². The van der Waals surface area contributed by atoms with E-state index in [1.165, 1.54) is 21.3 Å². The van der Waals surface area contributed by atoms with Crippen LogP contribution in [0.1, 0.15) is 51.9 Å². The van der Waals surface area contributed by atoms with Gasteiger partial charge in [0.15, 0.2) is 0 Å². The minimum Gasteiger partial charge on any atom is -0.469 e. The second kappa shape index (κ2) is 23.0. The van der Waals surface area contributed by atoms with Crippen molar-refractivity contribution >= 4 is 60.0 Å². The first-order valence-electron chi connectivity index (χ1n) is 13.8. The van der Waals surface area contributed by atoms with Gasteiger partial charge in [-0.05, 0) is 25.7 Å². The number of carbonyl (C=O) groups excluding carboxylic acids is 5. The lowest BCUT2D eigenvalue weighted by molar-refractivity contribution is -0.148. The zero-order valence-electron chi connectivity index (χ0n) is 28.4. The molecule has 0 aromatic heterocycles. The summed E-state index contributed by atoms with van der Waals surface area (Å²) in [6.07, 6.45) is 4.06. The molecule has 0 N–H and O–H groups in total. The maximum atomic E-state index is 12.0. The summed E-state index contributed by atoms with van der Waals surface area (Å²) in [5.74, 6) is -2.71. The third-order valence-electron chi connectivity index (χ3n) is 5.51. The standard InChI is InChI=1S/C8H9F3O5S.C7H10O3.C4H8O2.C4H6O2.C2F6O5S2/c1-15-7(12)5-3-2-4-6(5)16-17(13,14)8(9,10)11;1-10-7(9)5-3-2-4-6(5)8;2*1-3-4(5)6-2;3-1(4,5)14(9,10)13-15(11,12)2(6,7)8/h2-4H2,1H3;5H,2-4H2,1H3;3H2,1-2H3;3H,1H2,2H3;. The summed E-state index contributed by atoms with van der Waals surface area (Å²) < 4.78 is 189. The molecule has 0 bridgehead atoms. The highest BCUT2D eigenvalue weighted by Gasteiger charge is 2.57. The van der Waals surface area contributed by atoms with E-state index in [4.69, 9.17) is 0 Å². The summed E-state index contributed by atoms with van der Waals surface area (Å²) in [7, 11) is -14.4. The number of hydrogen-bond donors (Lipinski definition) is 0. The van der Waals surface area contributed by atoms with E-state index < -0.39 is 70.5 Å². The lowest BCUT2D eigenvalue weighted by atomic mass is 10.1. The van der Waals surface area contributed by atoms with E-state index in [1.54, 1.807) is 6.92 Å². The Bertz CT molecular complexity index is 1620. The minimum absolute atomic E-state index is 0.0341. The van der Waals surface area contributed by atoms with E-state index in [0.717, 1.165) is 19.6 Å². The molecule has 0 aromatic rings. The topological polar surface area (TPSA) is 243 Å². The van der Waals surface area contributed by atoms with E-state index in [1.807, 2.05) is 3.63 Å². The minimum atomic E-state index is -6.85. The molecule has 0 aromatic carbocycles. The van der Waals surface area contributed by atoms with Gasteiger partial charge in [0.05, 0.1) is 34.0 Å². The predicted molar refractivity (Wildman–Crippen MR) is 159 cm³/mol. The first kappa shape index (κ1) is 54.4. The summed E-state index contributed by atoms with van der Waals surface area (Å²) in [6, 6.07) is 0. The second-order valence-corrected chi connectivity index (χ2v) is 14.0. The van der Waals surface area contributed by atoms with Crippen molar-refractivity contribution in [2.24, 2.45) is 5.92 Å².